The Morgan fingerprint density at radius 1 is 1.25 bits per heavy atom. The summed E-state index contributed by atoms with van der Waals surface area (Å²) < 4.78 is 12.8. The molecule has 1 aromatic rings. The lowest BCUT2D eigenvalue weighted by Crippen LogP contribution is -2.44. The molecule has 1 aromatic carbocycles. The third-order valence-electron chi connectivity index (χ3n) is 2.85. The van der Waals surface area contributed by atoms with Crippen LogP contribution in [0.4, 0.5) is 10.1 Å². The van der Waals surface area contributed by atoms with Crippen molar-refractivity contribution in [1.29, 1.82) is 0 Å². The molecule has 0 bridgehead atoms. The van der Waals surface area contributed by atoms with Gasteiger partial charge in [0.2, 0.25) is 0 Å². The van der Waals surface area contributed by atoms with Crippen LogP contribution in [0.3, 0.4) is 0 Å². The van der Waals surface area contributed by atoms with Gasteiger partial charge in [-0.25, -0.2) is 4.39 Å². The van der Waals surface area contributed by atoms with Crippen LogP contribution in [-0.2, 0) is 0 Å². The SMILES string of the molecule is CN(CC(N)C(C)(C)C)c1ccc(F)cc1. The maximum absolute atomic E-state index is 12.8. The fourth-order valence-electron chi connectivity index (χ4n) is 1.37. The van der Waals surface area contributed by atoms with E-state index in [1.54, 1.807) is 12.1 Å². The number of hydrogen-bond acceptors (Lipinski definition) is 2. The fraction of sp³-hybridized carbons (Fsp3) is 0.538. The largest absolute Gasteiger partial charge is 0.373 e. The van der Waals surface area contributed by atoms with Crippen molar-refractivity contribution in [3.63, 3.8) is 0 Å². The molecule has 0 radical (unpaired) electrons. The molecule has 0 spiro atoms. The first-order valence-electron chi connectivity index (χ1n) is 5.53. The summed E-state index contributed by atoms with van der Waals surface area (Å²) in [6.45, 7) is 7.12. The second-order valence-corrected chi connectivity index (χ2v) is 5.33. The third-order valence-corrected chi connectivity index (χ3v) is 2.85. The molecule has 0 fully saturated rings. The highest BCUT2D eigenvalue weighted by molar-refractivity contribution is 5.45. The molecule has 0 aromatic heterocycles. The summed E-state index contributed by atoms with van der Waals surface area (Å²) in [4.78, 5) is 2.05. The Labute approximate surface area is 97.3 Å². The molecule has 1 atom stereocenters. The van der Waals surface area contributed by atoms with E-state index in [-0.39, 0.29) is 17.3 Å². The van der Waals surface area contributed by atoms with Crippen LogP contribution in [0.2, 0.25) is 0 Å². The van der Waals surface area contributed by atoms with Crippen LogP contribution < -0.4 is 10.6 Å². The summed E-state index contributed by atoms with van der Waals surface area (Å²) in [6.07, 6.45) is 0. The van der Waals surface area contributed by atoms with E-state index in [1.165, 1.54) is 12.1 Å². The Hall–Kier alpha value is -1.09. The maximum atomic E-state index is 12.8. The van der Waals surface area contributed by atoms with Gasteiger partial charge >= 0.3 is 0 Å². The highest BCUT2D eigenvalue weighted by Gasteiger charge is 2.21. The predicted octanol–water partition coefficient (Wildman–Crippen LogP) is 2.64. The third kappa shape index (κ3) is 3.49. The van der Waals surface area contributed by atoms with E-state index in [0.29, 0.717) is 0 Å². The molecular formula is C13H21FN2. The first-order chi connectivity index (χ1) is 7.30. The molecule has 0 heterocycles. The minimum Gasteiger partial charge on any atom is -0.373 e. The van der Waals surface area contributed by atoms with Gasteiger partial charge in [0.1, 0.15) is 5.82 Å². The fourth-order valence-corrected chi connectivity index (χ4v) is 1.37. The van der Waals surface area contributed by atoms with Crippen molar-refractivity contribution in [2.24, 2.45) is 11.1 Å². The van der Waals surface area contributed by atoms with Gasteiger partial charge < -0.3 is 10.6 Å². The number of anilines is 1. The van der Waals surface area contributed by atoms with E-state index in [0.717, 1.165) is 12.2 Å². The first kappa shape index (κ1) is 13.0. The van der Waals surface area contributed by atoms with E-state index < -0.39 is 0 Å². The molecule has 2 nitrogen and oxygen atoms in total. The van der Waals surface area contributed by atoms with Gasteiger partial charge in [-0.15, -0.1) is 0 Å². The molecule has 0 aliphatic carbocycles. The molecule has 0 saturated carbocycles. The van der Waals surface area contributed by atoms with Crippen molar-refractivity contribution in [2.75, 3.05) is 18.5 Å². The van der Waals surface area contributed by atoms with E-state index in [2.05, 4.69) is 25.7 Å². The second kappa shape index (κ2) is 4.83. The van der Waals surface area contributed by atoms with Gasteiger partial charge in [-0.3, -0.25) is 0 Å². The predicted molar refractivity (Wildman–Crippen MR) is 67.1 cm³/mol. The molecule has 2 N–H and O–H groups in total. The lowest BCUT2D eigenvalue weighted by atomic mass is 9.87. The average Bonchev–Trinajstić information content (AvgIpc) is 2.17. The smallest absolute Gasteiger partial charge is 0.123 e. The van der Waals surface area contributed by atoms with Crippen molar-refractivity contribution in [3.8, 4) is 0 Å². The van der Waals surface area contributed by atoms with Gasteiger partial charge in [0.15, 0.2) is 0 Å². The van der Waals surface area contributed by atoms with Gasteiger partial charge in [-0.2, -0.15) is 0 Å². The normalized spacial score (nSPS) is 13.6. The number of rotatable bonds is 3. The second-order valence-electron chi connectivity index (χ2n) is 5.33. The maximum Gasteiger partial charge on any atom is 0.123 e. The molecule has 3 heteroatoms. The summed E-state index contributed by atoms with van der Waals surface area (Å²) >= 11 is 0. The summed E-state index contributed by atoms with van der Waals surface area (Å²) in [5.41, 5.74) is 7.17. The number of halogens is 1. The Balaban J connectivity index is 2.65. The summed E-state index contributed by atoms with van der Waals surface area (Å²) in [5.74, 6) is -0.211. The molecule has 1 unspecified atom stereocenters. The van der Waals surface area contributed by atoms with Crippen LogP contribution in [0, 0.1) is 11.2 Å². The zero-order chi connectivity index (χ0) is 12.3. The minimum absolute atomic E-state index is 0.0777. The number of benzene rings is 1. The number of hydrogen-bond donors (Lipinski definition) is 1. The molecule has 1 rings (SSSR count). The molecule has 0 saturated heterocycles. The number of likely N-dealkylation sites (N-methyl/N-ethyl adjacent to an activating group) is 1. The van der Waals surface area contributed by atoms with E-state index in [4.69, 9.17) is 5.73 Å². The Kier molecular flexibility index (Phi) is 3.92. The van der Waals surface area contributed by atoms with Crippen LogP contribution in [0.25, 0.3) is 0 Å². The van der Waals surface area contributed by atoms with E-state index in [9.17, 15) is 4.39 Å². The first-order valence-corrected chi connectivity index (χ1v) is 5.53. The zero-order valence-electron chi connectivity index (χ0n) is 10.5. The highest BCUT2D eigenvalue weighted by Crippen LogP contribution is 2.20. The van der Waals surface area contributed by atoms with Gasteiger partial charge in [0, 0.05) is 25.3 Å². The van der Waals surface area contributed by atoms with Gasteiger partial charge in [0.25, 0.3) is 0 Å². The van der Waals surface area contributed by atoms with Crippen molar-refractivity contribution in [3.05, 3.63) is 30.1 Å². The van der Waals surface area contributed by atoms with E-state index >= 15 is 0 Å². The highest BCUT2D eigenvalue weighted by atomic mass is 19.1. The van der Waals surface area contributed by atoms with Crippen LogP contribution in [0.15, 0.2) is 24.3 Å². The van der Waals surface area contributed by atoms with Crippen molar-refractivity contribution < 1.29 is 4.39 Å². The Bertz CT molecular complexity index is 327. The minimum atomic E-state index is -0.211. The molecule has 0 aliphatic heterocycles. The van der Waals surface area contributed by atoms with Crippen LogP contribution >= 0.6 is 0 Å². The summed E-state index contributed by atoms with van der Waals surface area (Å²) in [6, 6.07) is 6.56. The van der Waals surface area contributed by atoms with Crippen molar-refractivity contribution in [2.45, 2.75) is 26.8 Å². The lowest BCUT2D eigenvalue weighted by Gasteiger charge is -2.32. The standard InChI is InChI=1S/C13H21FN2/c1-13(2,3)12(15)9-16(4)11-7-5-10(14)6-8-11/h5-8,12H,9,15H2,1-4H3. The topological polar surface area (TPSA) is 29.3 Å². The molecule has 16 heavy (non-hydrogen) atoms. The monoisotopic (exact) mass is 224 g/mol. The van der Waals surface area contributed by atoms with Gasteiger partial charge in [0.05, 0.1) is 0 Å². The molecule has 0 amide bonds. The Morgan fingerprint density at radius 2 is 1.75 bits per heavy atom. The van der Waals surface area contributed by atoms with Gasteiger partial charge in [-0.05, 0) is 29.7 Å². The van der Waals surface area contributed by atoms with Crippen LogP contribution in [0.5, 0.6) is 0 Å². The number of nitrogens with zero attached hydrogens (tertiary/aromatic N) is 1. The van der Waals surface area contributed by atoms with Crippen LogP contribution in [-0.4, -0.2) is 19.6 Å². The summed E-state index contributed by atoms with van der Waals surface area (Å²) in [7, 11) is 1.97. The van der Waals surface area contributed by atoms with Crippen molar-refractivity contribution in [1.82, 2.24) is 0 Å². The zero-order valence-corrected chi connectivity index (χ0v) is 10.5. The summed E-state index contributed by atoms with van der Waals surface area (Å²) in [5, 5.41) is 0. The van der Waals surface area contributed by atoms with Crippen molar-refractivity contribution >= 4 is 5.69 Å². The molecule has 90 valence electrons. The quantitative estimate of drug-likeness (QED) is 0.855. The lowest BCUT2D eigenvalue weighted by molar-refractivity contribution is 0.323. The molecule has 0 aliphatic rings. The molecular weight excluding hydrogens is 203 g/mol. The van der Waals surface area contributed by atoms with Crippen LogP contribution in [0.1, 0.15) is 20.8 Å². The number of nitrogens with two attached hydrogens (primary N) is 1. The average molecular weight is 224 g/mol. The Morgan fingerprint density at radius 3 is 2.19 bits per heavy atom. The van der Waals surface area contributed by atoms with Gasteiger partial charge in [-0.1, -0.05) is 20.8 Å². The van der Waals surface area contributed by atoms with E-state index in [1.807, 2.05) is 7.05 Å².